The second-order valence-electron chi connectivity index (χ2n) is 9.56. The summed E-state index contributed by atoms with van der Waals surface area (Å²) in [6, 6.07) is 21.8. The minimum absolute atomic E-state index is 0.126. The summed E-state index contributed by atoms with van der Waals surface area (Å²) >= 11 is 1.60. The topological polar surface area (TPSA) is 103 Å². The molecule has 7 nitrogen and oxygen atoms in total. The third-order valence-corrected chi connectivity index (χ3v) is 7.79. The largest absolute Gasteiger partial charge is 0.508 e. The molecule has 194 valence electrons. The molecular formula is C30H29N3O4S. The number of aromatic hydroxyl groups is 1. The van der Waals surface area contributed by atoms with E-state index in [1.165, 1.54) is 4.90 Å². The van der Waals surface area contributed by atoms with Gasteiger partial charge in [0.25, 0.3) is 0 Å². The molecule has 1 aliphatic heterocycles. The first-order valence-corrected chi connectivity index (χ1v) is 13.4. The summed E-state index contributed by atoms with van der Waals surface area (Å²) in [6.07, 6.45) is -0.393. The zero-order chi connectivity index (χ0) is 26.6. The molecule has 0 bridgehead atoms. The number of phenolic OH excluding ortho intramolecular Hbond substituents is 1. The third kappa shape index (κ3) is 5.77. The number of β-amino-alcohol motifs (C(OH)–C–C–N with tert-alkyl or cyclic N) is 1. The minimum atomic E-state index is -0.736. The first-order chi connectivity index (χ1) is 18.4. The molecule has 2 amide bonds. The number of thiazole rings is 1. The van der Waals surface area contributed by atoms with Gasteiger partial charge < -0.3 is 20.4 Å². The Kier molecular flexibility index (Phi) is 7.53. The highest BCUT2D eigenvalue weighted by atomic mass is 32.1. The number of hydrogen-bond donors (Lipinski definition) is 3. The zero-order valence-electron chi connectivity index (χ0n) is 21.0. The van der Waals surface area contributed by atoms with Crippen molar-refractivity contribution in [1.29, 1.82) is 0 Å². The van der Waals surface area contributed by atoms with E-state index in [1.807, 2.05) is 73.1 Å². The van der Waals surface area contributed by atoms with Gasteiger partial charge in [0.2, 0.25) is 11.8 Å². The van der Waals surface area contributed by atoms with E-state index in [-0.39, 0.29) is 37.0 Å². The van der Waals surface area contributed by atoms with E-state index in [0.29, 0.717) is 6.54 Å². The Hall–Kier alpha value is -4.01. The Morgan fingerprint density at radius 3 is 2.45 bits per heavy atom. The fourth-order valence-electron chi connectivity index (χ4n) is 4.79. The molecule has 0 aliphatic carbocycles. The van der Waals surface area contributed by atoms with Crippen LogP contribution >= 0.6 is 11.3 Å². The Morgan fingerprint density at radius 2 is 1.74 bits per heavy atom. The summed E-state index contributed by atoms with van der Waals surface area (Å²) in [5.74, 6) is -0.274. The minimum Gasteiger partial charge on any atom is -0.508 e. The summed E-state index contributed by atoms with van der Waals surface area (Å²) in [5.41, 5.74) is 7.54. The monoisotopic (exact) mass is 527 g/mol. The standard InChI is InChI=1S/C30H29N3O4S/c1-19-29(38-18-32-19)23-7-5-20(6-8-23)16-31-30(37)27-15-26(35)17-33(27)28(36)14-21-3-2-4-24(13-21)22-9-11-25(34)12-10-22/h2-13,18,26-27,34-35H,14-17H2,1H3,(H,31,37). The van der Waals surface area contributed by atoms with E-state index >= 15 is 0 Å². The van der Waals surface area contributed by atoms with Crippen LogP contribution in [0.15, 0.2) is 78.3 Å². The molecule has 2 unspecified atom stereocenters. The van der Waals surface area contributed by atoms with Gasteiger partial charge in [0.15, 0.2) is 0 Å². The van der Waals surface area contributed by atoms with E-state index in [2.05, 4.69) is 10.3 Å². The number of rotatable bonds is 7. The van der Waals surface area contributed by atoms with Crippen LogP contribution in [-0.2, 0) is 22.6 Å². The summed E-state index contributed by atoms with van der Waals surface area (Å²) < 4.78 is 0. The van der Waals surface area contributed by atoms with Gasteiger partial charge in [-0.3, -0.25) is 9.59 Å². The van der Waals surface area contributed by atoms with Crippen LogP contribution in [0.3, 0.4) is 0 Å². The molecule has 2 atom stereocenters. The second-order valence-corrected chi connectivity index (χ2v) is 10.4. The molecule has 4 aromatic rings. The number of nitrogens with zero attached hydrogens (tertiary/aromatic N) is 2. The van der Waals surface area contributed by atoms with Crippen molar-refractivity contribution in [1.82, 2.24) is 15.2 Å². The Balaban J connectivity index is 1.21. The maximum atomic E-state index is 13.2. The normalized spacial score (nSPS) is 16.9. The molecule has 3 N–H and O–H groups in total. The first-order valence-electron chi connectivity index (χ1n) is 12.5. The molecule has 2 heterocycles. The molecule has 0 spiro atoms. The van der Waals surface area contributed by atoms with Crippen molar-refractivity contribution in [3.05, 3.63) is 95.1 Å². The van der Waals surface area contributed by atoms with Crippen LogP contribution in [0.25, 0.3) is 21.6 Å². The van der Waals surface area contributed by atoms with Crippen LogP contribution in [-0.4, -0.2) is 50.6 Å². The number of carbonyl (C=O) groups is 2. The van der Waals surface area contributed by atoms with Crippen LogP contribution in [0.4, 0.5) is 0 Å². The number of aliphatic hydroxyl groups excluding tert-OH is 1. The molecule has 1 aliphatic rings. The highest BCUT2D eigenvalue weighted by Gasteiger charge is 2.38. The van der Waals surface area contributed by atoms with Crippen molar-refractivity contribution in [3.8, 4) is 27.3 Å². The van der Waals surface area contributed by atoms with Crippen molar-refractivity contribution in [2.45, 2.75) is 38.5 Å². The number of aromatic nitrogens is 1. The third-order valence-electron chi connectivity index (χ3n) is 6.81. The highest BCUT2D eigenvalue weighted by Crippen LogP contribution is 2.28. The van der Waals surface area contributed by atoms with E-state index in [0.717, 1.165) is 38.4 Å². The number of benzene rings is 3. The number of likely N-dealkylation sites (tertiary alicyclic amines) is 1. The van der Waals surface area contributed by atoms with Crippen LogP contribution in [0.5, 0.6) is 5.75 Å². The molecule has 1 aromatic heterocycles. The molecule has 3 aromatic carbocycles. The van der Waals surface area contributed by atoms with Gasteiger partial charge in [-0.05, 0) is 46.9 Å². The lowest BCUT2D eigenvalue weighted by Crippen LogP contribution is -2.46. The molecular weight excluding hydrogens is 498 g/mol. The predicted octanol–water partition coefficient (Wildman–Crippen LogP) is 4.31. The zero-order valence-corrected chi connectivity index (χ0v) is 21.8. The summed E-state index contributed by atoms with van der Waals surface area (Å²) in [7, 11) is 0. The lowest BCUT2D eigenvalue weighted by Gasteiger charge is -2.24. The predicted molar refractivity (Wildman–Crippen MR) is 148 cm³/mol. The first kappa shape index (κ1) is 25.6. The average Bonchev–Trinajstić information content (AvgIpc) is 3.53. The number of carbonyl (C=O) groups excluding carboxylic acids is 2. The maximum Gasteiger partial charge on any atom is 0.243 e. The molecule has 5 rings (SSSR count). The number of phenols is 1. The van der Waals surface area contributed by atoms with E-state index in [9.17, 15) is 19.8 Å². The lowest BCUT2D eigenvalue weighted by atomic mass is 10.0. The number of aliphatic hydroxyl groups is 1. The van der Waals surface area contributed by atoms with Gasteiger partial charge in [-0.2, -0.15) is 0 Å². The Labute approximate surface area is 225 Å². The fourth-order valence-corrected chi connectivity index (χ4v) is 5.60. The number of aryl methyl sites for hydroxylation is 1. The number of hydrogen-bond acceptors (Lipinski definition) is 6. The number of amides is 2. The van der Waals surface area contributed by atoms with E-state index < -0.39 is 12.1 Å². The molecule has 8 heteroatoms. The highest BCUT2D eigenvalue weighted by molar-refractivity contribution is 7.13. The van der Waals surface area contributed by atoms with Gasteiger partial charge in [-0.15, -0.1) is 11.3 Å². The van der Waals surface area contributed by atoms with Crippen molar-refractivity contribution in [3.63, 3.8) is 0 Å². The Bertz CT molecular complexity index is 1430. The second kappa shape index (κ2) is 11.2. The quantitative estimate of drug-likeness (QED) is 0.332. The van der Waals surface area contributed by atoms with Crippen LogP contribution in [0, 0.1) is 6.92 Å². The lowest BCUT2D eigenvalue weighted by molar-refractivity contribution is -0.138. The molecule has 1 saturated heterocycles. The summed E-state index contributed by atoms with van der Waals surface area (Å²) in [6.45, 7) is 2.46. The van der Waals surface area contributed by atoms with Crippen LogP contribution < -0.4 is 5.32 Å². The van der Waals surface area contributed by atoms with Gasteiger partial charge in [0.05, 0.1) is 28.6 Å². The summed E-state index contributed by atoms with van der Waals surface area (Å²) in [4.78, 5) is 33.2. The SMILES string of the molecule is Cc1ncsc1-c1ccc(CNC(=O)C2CC(O)CN2C(=O)Cc2cccc(-c3ccc(O)cc3)c2)cc1. The molecule has 0 saturated carbocycles. The summed E-state index contributed by atoms with van der Waals surface area (Å²) in [5, 5.41) is 22.8. The van der Waals surface area contributed by atoms with E-state index in [1.54, 1.807) is 23.5 Å². The van der Waals surface area contributed by atoms with E-state index in [4.69, 9.17) is 0 Å². The van der Waals surface area contributed by atoms with Crippen molar-refractivity contribution in [2.24, 2.45) is 0 Å². The number of nitrogens with one attached hydrogen (secondary N) is 1. The van der Waals surface area contributed by atoms with Gasteiger partial charge >= 0.3 is 0 Å². The van der Waals surface area contributed by atoms with Crippen LogP contribution in [0.2, 0.25) is 0 Å². The fraction of sp³-hybridized carbons (Fsp3) is 0.233. The van der Waals surface area contributed by atoms with Gasteiger partial charge in [0, 0.05) is 19.5 Å². The van der Waals surface area contributed by atoms with Crippen molar-refractivity contribution >= 4 is 23.2 Å². The molecule has 0 radical (unpaired) electrons. The molecule has 38 heavy (non-hydrogen) atoms. The Morgan fingerprint density at radius 1 is 1.00 bits per heavy atom. The van der Waals surface area contributed by atoms with Gasteiger partial charge in [-0.25, -0.2) is 4.98 Å². The smallest absolute Gasteiger partial charge is 0.243 e. The van der Waals surface area contributed by atoms with Crippen molar-refractivity contribution < 1.29 is 19.8 Å². The maximum absolute atomic E-state index is 13.2. The van der Waals surface area contributed by atoms with Crippen LogP contribution in [0.1, 0.15) is 23.2 Å². The van der Waals surface area contributed by atoms with Gasteiger partial charge in [-0.1, -0.05) is 60.7 Å². The van der Waals surface area contributed by atoms with Crippen molar-refractivity contribution in [2.75, 3.05) is 6.54 Å². The van der Waals surface area contributed by atoms with Gasteiger partial charge in [0.1, 0.15) is 11.8 Å². The average molecular weight is 528 g/mol. The molecule has 1 fully saturated rings.